The van der Waals surface area contributed by atoms with E-state index in [0.717, 1.165) is 23.0 Å². The fraction of sp³-hybridized carbons (Fsp3) is 0.438. The Labute approximate surface area is 118 Å². The van der Waals surface area contributed by atoms with Crippen LogP contribution < -0.4 is 0 Å². The van der Waals surface area contributed by atoms with Crippen LogP contribution in [0.2, 0.25) is 0 Å². The molecule has 0 unspecified atom stereocenters. The zero-order valence-electron chi connectivity index (χ0n) is 11.7. The van der Waals surface area contributed by atoms with Crippen LogP contribution >= 0.6 is 0 Å². The quantitative estimate of drug-likeness (QED) is 0.862. The molecule has 0 aliphatic carbocycles. The molecule has 0 radical (unpaired) electrons. The second kappa shape index (κ2) is 5.67. The van der Waals surface area contributed by atoms with Crippen molar-refractivity contribution in [2.75, 3.05) is 26.3 Å². The third kappa shape index (κ3) is 2.56. The van der Waals surface area contributed by atoms with E-state index in [2.05, 4.69) is 19.1 Å². The number of furan rings is 1. The standard InChI is InChI=1S/C16H19NO3/c1-2-12-3-4-15-14(9-12)13(11-20-15)10-16(18)17-5-7-19-8-6-17/h3-4,9,11H,2,5-8,10H2,1H3. The minimum Gasteiger partial charge on any atom is -0.464 e. The second-order valence-corrected chi connectivity index (χ2v) is 5.11. The van der Waals surface area contributed by atoms with Crippen LogP contribution in [0.15, 0.2) is 28.9 Å². The van der Waals surface area contributed by atoms with Gasteiger partial charge in [0.05, 0.1) is 25.9 Å². The molecule has 0 N–H and O–H groups in total. The number of hydrogen-bond donors (Lipinski definition) is 0. The highest BCUT2D eigenvalue weighted by Crippen LogP contribution is 2.23. The summed E-state index contributed by atoms with van der Waals surface area (Å²) in [5.41, 5.74) is 3.10. The molecule has 2 heterocycles. The largest absolute Gasteiger partial charge is 0.464 e. The molecular weight excluding hydrogens is 254 g/mol. The van der Waals surface area contributed by atoms with Gasteiger partial charge in [0, 0.05) is 24.0 Å². The molecule has 0 spiro atoms. The number of ether oxygens (including phenoxy) is 1. The lowest BCUT2D eigenvalue weighted by Gasteiger charge is -2.26. The number of carbonyl (C=O) groups is 1. The highest BCUT2D eigenvalue weighted by molar-refractivity contribution is 5.88. The molecule has 1 aromatic carbocycles. The maximum atomic E-state index is 12.3. The average molecular weight is 273 g/mol. The third-order valence-corrected chi connectivity index (χ3v) is 3.83. The van der Waals surface area contributed by atoms with E-state index in [9.17, 15) is 4.79 Å². The first kappa shape index (κ1) is 13.2. The van der Waals surface area contributed by atoms with Crippen LogP contribution in [0.25, 0.3) is 11.0 Å². The van der Waals surface area contributed by atoms with Crippen molar-refractivity contribution in [2.24, 2.45) is 0 Å². The number of aryl methyl sites for hydroxylation is 1. The van der Waals surface area contributed by atoms with Gasteiger partial charge in [-0.1, -0.05) is 13.0 Å². The topological polar surface area (TPSA) is 42.7 Å². The second-order valence-electron chi connectivity index (χ2n) is 5.11. The Balaban J connectivity index is 1.81. The molecule has 4 nitrogen and oxygen atoms in total. The normalized spacial score (nSPS) is 15.8. The van der Waals surface area contributed by atoms with Crippen LogP contribution in [0.4, 0.5) is 0 Å². The average Bonchev–Trinajstić information content (AvgIpc) is 2.90. The summed E-state index contributed by atoms with van der Waals surface area (Å²) >= 11 is 0. The predicted molar refractivity (Wildman–Crippen MR) is 76.7 cm³/mol. The summed E-state index contributed by atoms with van der Waals surface area (Å²) in [6, 6.07) is 6.18. The van der Waals surface area contributed by atoms with Crippen LogP contribution in [-0.2, 0) is 22.4 Å². The van der Waals surface area contributed by atoms with Crippen LogP contribution in [0, 0.1) is 0 Å². The molecule has 1 aromatic heterocycles. The summed E-state index contributed by atoms with van der Waals surface area (Å²) in [6.07, 6.45) is 3.10. The number of fused-ring (bicyclic) bond motifs is 1. The van der Waals surface area contributed by atoms with Crippen LogP contribution in [-0.4, -0.2) is 37.1 Å². The van der Waals surface area contributed by atoms with Gasteiger partial charge in [-0.3, -0.25) is 4.79 Å². The Morgan fingerprint density at radius 3 is 2.85 bits per heavy atom. The lowest BCUT2D eigenvalue weighted by atomic mass is 10.1. The van der Waals surface area contributed by atoms with Gasteiger partial charge in [-0.05, 0) is 24.1 Å². The maximum absolute atomic E-state index is 12.3. The van der Waals surface area contributed by atoms with E-state index in [1.54, 1.807) is 6.26 Å². The number of rotatable bonds is 3. The molecule has 0 atom stereocenters. The molecule has 0 bridgehead atoms. The monoisotopic (exact) mass is 273 g/mol. The maximum Gasteiger partial charge on any atom is 0.227 e. The Morgan fingerprint density at radius 2 is 2.10 bits per heavy atom. The van der Waals surface area contributed by atoms with Crippen molar-refractivity contribution < 1.29 is 13.9 Å². The Bertz CT molecular complexity index is 611. The number of hydrogen-bond acceptors (Lipinski definition) is 3. The summed E-state index contributed by atoms with van der Waals surface area (Å²) < 4.78 is 10.8. The third-order valence-electron chi connectivity index (χ3n) is 3.83. The highest BCUT2D eigenvalue weighted by atomic mass is 16.5. The van der Waals surface area contributed by atoms with Crippen LogP contribution in [0.5, 0.6) is 0 Å². The number of nitrogens with zero attached hydrogens (tertiary/aromatic N) is 1. The van der Waals surface area contributed by atoms with E-state index in [1.807, 2.05) is 11.0 Å². The van der Waals surface area contributed by atoms with Crippen molar-refractivity contribution in [3.8, 4) is 0 Å². The molecule has 1 aliphatic heterocycles. The van der Waals surface area contributed by atoms with Crippen LogP contribution in [0.1, 0.15) is 18.1 Å². The lowest BCUT2D eigenvalue weighted by molar-refractivity contribution is -0.134. The molecule has 0 saturated carbocycles. The number of amides is 1. The van der Waals surface area contributed by atoms with E-state index < -0.39 is 0 Å². The molecular formula is C16H19NO3. The zero-order valence-corrected chi connectivity index (χ0v) is 11.7. The van der Waals surface area contributed by atoms with Crippen LogP contribution in [0.3, 0.4) is 0 Å². The first-order valence-corrected chi connectivity index (χ1v) is 7.12. The fourth-order valence-corrected chi connectivity index (χ4v) is 2.57. The van der Waals surface area contributed by atoms with Crippen molar-refractivity contribution in [1.29, 1.82) is 0 Å². The summed E-state index contributed by atoms with van der Waals surface area (Å²) in [5.74, 6) is 0.151. The van der Waals surface area contributed by atoms with Crippen molar-refractivity contribution >= 4 is 16.9 Å². The van der Waals surface area contributed by atoms with Gasteiger partial charge in [0.2, 0.25) is 5.91 Å². The minimum atomic E-state index is 0.151. The number of morpholine rings is 1. The summed E-state index contributed by atoms with van der Waals surface area (Å²) in [6.45, 7) is 4.78. The van der Waals surface area contributed by atoms with E-state index in [-0.39, 0.29) is 5.91 Å². The highest BCUT2D eigenvalue weighted by Gasteiger charge is 2.19. The molecule has 1 aliphatic rings. The van der Waals surface area contributed by atoms with Gasteiger partial charge in [-0.25, -0.2) is 0 Å². The van der Waals surface area contributed by atoms with Gasteiger partial charge in [-0.2, -0.15) is 0 Å². The molecule has 2 aromatic rings. The Morgan fingerprint density at radius 1 is 1.30 bits per heavy atom. The van der Waals surface area contributed by atoms with Crippen molar-refractivity contribution in [3.05, 3.63) is 35.6 Å². The van der Waals surface area contributed by atoms with E-state index in [4.69, 9.17) is 9.15 Å². The summed E-state index contributed by atoms with van der Waals surface area (Å²) in [4.78, 5) is 14.2. The van der Waals surface area contributed by atoms with Gasteiger partial charge in [0.25, 0.3) is 0 Å². The lowest BCUT2D eigenvalue weighted by Crippen LogP contribution is -2.41. The van der Waals surface area contributed by atoms with Gasteiger partial charge >= 0.3 is 0 Å². The van der Waals surface area contributed by atoms with Crippen molar-refractivity contribution in [2.45, 2.75) is 19.8 Å². The number of benzene rings is 1. The summed E-state index contributed by atoms with van der Waals surface area (Å²) in [7, 11) is 0. The predicted octanol–water partition coefficient (Wildman–Crippen LogP) is 2.40. The van der Waals surface area contributed by atoms with E-state index in [0.29, 0.717) is 32.7 Å². The van der Waals surface area contributed by atoms with Gasteiger partial charge in [-0.15, -0.1) is 0 Å². The van der Waals surface area contributed by atoms with Gasteiger partial charge in [0.1, 0.15) is 5.58 Å². The van der Waals surface area contributed by atoms with Crippen molar-refractivity contribution in [1.82, 2.24) is 4.90 Å². The SMILES string of the molecule is CCc1ccc2occ(CC(=O)N3CCOCC3)c2c1. The molecule has 1 amide bonds. The molecule has 1 saturated heterocycles. The minimum absolute atomic E-state index is 0.151. The molecule has 3 rings (SSSR count). The number of carbonyl (C=O) groups excluding carboxylic acids is 1. The first-order valence-electron chi connectivity index (χ1n) is 7.12. The molecule has 4 heteroatoms. The Kier molecular flexibility index (Phi) is 3.74. The van der Waals surface area contributed by atoms with Crippen molar-refractivity contribution in [3.63, 3.8) is 0 Å². The molecule has 1 fully saturated rings. The van der Waals surface area contributed by atoms with Gasteiger partial charge < -0.3 is 14.1 Å². The van der Waals surface area contributed by atoms with Gasteiger partial charge in [0.15, 0.2) is 0 Å². The smallest absolute Gasteiger partial charge is 0.227 e. The van der Waals surface area contributed by atoms with E-state index >= 15 is 0 Å². The van der Waals surface area contributed by atoms with E-state index in [1.165, 1.54) is 5.56 Å². The zero-order chi connectivity index (χ0) is 13.9. The molecule has 20 heavy (non-hydrogen) atoms. The summed E-state index contributed by atoms with van der Waals surface area (Å²) in [5, 5.41) is 1.06. The first-order chi connectivity index (χ1) is 9.78. The molecule has 106 valence electrons. The Hall–Kier alpha value is -1.81. The fourth-order valence-electron chi connectivity index (χ4n) is 2.57.